The van der Waals surface area contributed by atoms with Crippen molar-refractivity contribution in [3.8, 4) is 11.4 Å². The maximum atomic E-state index is 13.7. The van der Waals surface area contributed by atoms with Crippen molar-refractivity contribution in [3.63, 3.8) is 0 Å². The zero-order valence-corrected chi connectivity index (χ0v) is 22.4. The second-order valence-electron chi connectivity index (χ2n) is 11.2. The summed E-state index contributed by atoms with van der Waals surface area (Å²) in [6.07, 6.45) is 2.00. The molecule has 1 saturated carbocycles. The highest BCUT2D eigenvalue weighted by atomic mass is 35.5. The lowest BCUT2D eigenvalue weighted by molar-refractivity contribution is -0.172. The topological polar surface area (TPSA) is 131 Å². The molecule has 2 aromatic heterocycles. The molecule has 10 heteroatoms. The first-order chi connectivity index (χ1) is 18.6. The van der Waals surface area contributed by atoms with Crippen LogP contribution in [-0.4, -0.2) is 37.7 Å². The van der Waals surface area contributed by atoms with Gasteiger partial charge in [0.05, 0.1) is 35.1 Å². The molecule has 4 heterocycles. The number of amides is 1. The molecule has 2 aliphatic heterocycles. The van der Waals surface area contributed by atoms with Gasteiger partial charge in [0.25, 0.3) is 5.56 Å². The fourth-order valence-corrected chi connectivity index (χ4v) is 6.80. The number of hydrogen-bond donors (Lipinski definition) is 3. The van der Waals surface area contributed by atoms with Gasteiger partial charge in [-0.2, -0.15) is 0 Å². The van der Waals surface area contributed by atoms with Crippen molar-refractivity contribution >= 4 is 34.4 Å². The number of aromatic nitrogens is 2. The molecule has 202 valence electrons. The molecule has 7 rings (SSSR count). The number of carbonyl (C=O) groups excluding carboxylic acids is 2. The Morgan fingerprint density at radius 1 is 1.26 bits per heavy atom. The lowest BCUT2D eigenvalue weighted by Gasteiger charge is -2.31. The zero-order chi connectivity index (χ0) is 27.4. The summed E-state index contributed by atoms with van der Waals surface area (Å²) in [5.41, 5.74) is 3.68. The van der Waals surface area contributed by atoms with Crippen LogP contribution in [0.15, 0.2) is 16.9 Å². The van der Waals surface area contributed by atoms with Crippen molar-refractivity contribution in [2.24, 2.45) is 5.92 Å². The number of nitrogens with one attached hydrogen (secondary N) is 1. The Morgan fingerprint density at radius 3 is 2.74 bits per heavy atom. The molecule has 1 aromatic carbocycles. The molecule has 3 N–H and O–H groups in total. The number of esters is 1. The molecular formula is C29H28ClN3O6. The van der Waals surface area contributed by atoms with Crippen molar-refractivity contribution in [1.82, 2.24) is 14.9 Å². The largest absolute Gasteiger partial charge is 0.458 e. The van der Waals surface area contributed by atoms with E-state index in [0.29, 0.717) is 34.8 Å². The van der Waals surface area contributed by atoms with Crippen LogP contribution in [-0.2, 0) is 39.5 Å². The van der Waals surface area contributed by atoms with Crippen LogP contribution in [0.1, 0.15) is 72.0 Å². The number of aliphatic hydroxyl groups excluding tert-OH is 1. The second-order valence-corrected chi connectivity index (χ2v) is 11.6. The molecule has 3 atom stereocenters. The number of aryl methyl sites for hydroxylation is 1. The molecule has 0 saturated heterocycles. The lowest BCUT2D eigenvalue weighted by Crippen LogP contribution is -2.44. The normalized spacial score (nSPS) is 23.6. The molecule has 39 heavy (non-hydrogen) atoms. The van der Waals surface area contributed by atoms with Gasteiger partial charge >= 0.3 is 5.97 Å². The SMILES string of the molecule is CC[C@@]1(O)C(=O)OCc2c1cc1n(c2=O)Cc2c-1nc1cc(Cl)c(C)c3c1c2[C@H](NC(=O)C(O)C1CC1)CC3. The Bertz CT molecular complexity index is 1690. The standard InChI is InChI=1S/C29H28ClN3O6/c1-3-29(38)17-8-21-24-15(10-33(21)27(36)16(17)11-39-28(29)37)23-19(32-26(35)25(34)13-4-5-13)7-6-14-12(2)18(30)9-20(31-24)22(14)23/h8-9,13,19,25,34,38H,3-7,10-11H2,1-2H3,(H,32,35)/t19-,25?,29+/m1/s1. The van der Waals surface area contributed by atoms with E-state index in [4.69, 9.17) is 21.3 Å². The van der Waals surface area contributed by atoms with Crippen LogP contribution >= 0.6 is 11.6 Å². The zero-order valence-electron chi connectivity index (χ0n) is 21.6. The van der Waals surface area contributed by atoms with Gasteiger partial charge in [0.1, 0.15) is 12.7 Å². The third kappa shape index (κ3) is 3.39. The summed E-state index contributed by atoms with van der Waals surface area (Å²) in [6.45, 7) is 3.66. The van der Waals surface area contributed by atoms with E-state index in [0.717, 1.165) is 40.5 Å². The van der Waals surface area contributed by atoms with Crippen molar-refractivity contribution in [1.29, 1.82) is 0 Å². The number of cyclic esters (lactones) is 1. The fraction of sp³-hybridized carbons (Fsp3) is 0.448. The van der Waals surface area contributed by atoms with Gasteiger partial charge in [-0.15, -0.1) is 0 Å². The molecule has 1 amide bonds. The number of halogens is 1. The molecular weight excluding hydrogens is 522 g/mol. The van der Waals surface area contributed by atoms with E-state index in [-0.39, 0.29) is 54.1 Å². The molecule has 0 spiro atoms. The molecule has 0 bridgehead atoms. The summed E-state index contributed by atoms with van der Waals surface area (Å²) in [5.74, 6) is -1.16. The smallest absolute Gasteiger partial charge is 0.343 e. The quantitative estimate of drug-likeness (QED) is 0.334. The molecule has 0 radical (unpaired) electrons. The number of pyridine rings is 2. The van der Waals surface area contributed by atoms with Crippen LogP contribution in [0.5, 0.6) is 0 Å². The summed E-state index contributed by atoms with van der Waals surface area (Å²) in [4.78, 5) is 44.2. The third-order valence-electron chi connectivity index (χ3n) is 9.03. The van der Waals surface area contributed by atoms with Gasteiger partial charge in [-0.3, -0.25) is 9.59 Å². The van der Waals surface area contributed by atoms with Crippen molar-refractivity contribution in [3.05, 3.63) is 60.9 Å². The first kappa shape index (κ1) is 24.7. The summed E-state index contributed by atoms with van der Waals surface area (Å²) in [6, 6.07) is 3.11. The Balaban J connectivity index is 1.46. The van der Waals surface area contributed by atoms with E-state index in [9.17, 15) is 24.6 Å². The fourth-order valence-electron chi connectivity index (χ4n) is 6.58. The van der Waals surface area contributed by atoms with Crippen LogP contribution in [0, 0.1) is 12.8 Å². The number of ether oxygens (including phenoxy) is 1. The summed E-state index contributed by atoms with van der Waals surface area (Å²) in [5, 5.41) is 26.3. The number of nitrogens with zero attached hydrogens (tertiary/aromatic N) is 2. The van der Waals surface area contributed by atoms with Gasteiger partial charge in [-0.05, 0) is 73.8 Å². The predicted molar refractivity (Wildman–Crippen MR) is 142 cm³/mol. The van der Waals surface area contributed by atoms with Crippen LogP contribution in [0.2, 0.25) is 5.02 Å². The summed E-state index contributed by atoms with van der Waals surface area (Å²) < 4.78 is 6.79. The predicted octanol–water partition coefficient (Wildman–Crippen LogP) is 2.92. The molecule has 2 aliphatic carbocycles. The average molecular weight is 550 g/mol. The number of benzene rings is 1. The van der Waals surface area contributed by atoms with Gasteiger partial charge in [-0.1, -0.05) is 18.5 Å². The van der Waals surface area contributed by atoms with Crippen LogP contribution in [0.4, 0.5) is 0 Å². The lowest BCUT2D eigenvalue weighted by atomic mass is 9.81. The van der Waals surface area contributed by atoms with E-state index in [1.807, 2.05) is 13.0 Å². The highest BCUT2D eigenvalue weighted by Gasteiger charge is 2.46. The van der Waals surface area contributed by atoms with Gasteiger partial charge in [-0.25, -0.2) is 9.78 Å². The minimum absolute atomic E-state index is 0.00139. The maximum Gasteiger partial charge on any atom is 0.343 e. The number of carbonyl (C=O) groups is 2. The first-order valence-corrected chi connectivity index (χ1v) is 13.8. The van der Waals surface area contributed by atoms with E-state index in [1.54, 1.807) is 17.6 Å². The average Bonchev–Trinajstić information content (AvgIpc) is 3.71. The van der Waals surface area contributed by atoms with E-state index >= 15 is 0 Å². The van der Waals surface area contributed by atoms with E-state index < -0.39 is 17.7 Å². The van der Waals surface area contributed by atoms with E-state index in [1.165, 1.54) is 0 Å². The second kappa shape index (κ2) is 8.36. The number of fused-ring (bicyclic) bond motifs is 5. The first-order valence-electron chi connectivity index (χ1n) is 13.4. The monoisotopic (exact) mass is 549 g/mol. The Kier molecular flexibility index (Phi) is 5.31. The van der Waals surface area contributed by atoms with Crippen molar-refractivity contribution < 1.29 is 24.5 Å². The molecule has 9 nitrogen and oxygen atoms in total. The van der Waals surface area contributed by atoms with E-state index in [2.05, 4.69) is 5.32 Å². The maximum absolute atomic E-state index is 13.7. The Hall–Kier alpha value is -3.27. The number of hydrogen-bond acceptors (Lipinski definition) is 7. The molecule has 3 aromatic rings. The van der Waals surface area contributed by atoms with Gasteiger partial charge < -0.3 is 24.8 Å². The van der Waals surface area contributed by atoms with Gasteiger partial charge in [0.2, 0.25) is 5.91 Å². The minimum Gasteiger partial charge on any atom is -0.458 e. The molecule has 4 aliphatic rings. The Morgan fingerprint density at radius 2 is 2.03 bits per heavy atom. The third-order valence-corrected chi connectivity index (χ3v) is 9.42. The number of aliphatic hydroxyl groups is 2. The highest BCUT2D eigenvalue weighted by Crippen LogP contribution is 2.46. The minimum atomic E-state index is -1.92. The van der Waals surface area contributed by atoms with Crippen LogP contribution < -0.4 is 10.9 Å². The van der Waals surface area contributed by atoms with Gasteiger partial charge in [0.15, 0.2) is 5.60 Å². The van der Waals surface area contributed by atoms with Crippen LogP contribution in [0.25, 0.3) is 22.3 Å². The van der Waals surface area contributed by atoms with Crippen molar-refractivity contribution in [2.75, 3.05) is 0 Å². The van der Waals surface area contributed by atoms with Gasteiger partial charge in [0, 0.05) is 21.5 Å². The number of rotatable bonds is 4. The van der Waals surface area contributed by atoms with Crippen molar-refractivity contribution in [2.45, 2.75) is 76.9 Å². The summed E-state index contributed by atoms with van der Waals surface area (Å²) >= 11 is 6.61. The summed E-state index contributed by atoms with van der Waals surface area (Å²) in [7, 11) is 0. The molecule has 1 fully saturated rings. The molecule has 1 unspecified atom stereocenters. The Labute approximate surface area is 228 Å². The van der Waals surface area contributed by atoms with Crippen LogP contribution in [0.3, 0.4) is 0 Å². The highest BCUT2D eigenvalue weighted by molar-refractivity contribution is 6.32.